The maximum atomic E-state index is 3.59. The molecule has 6 rings (SSSR count). The van der Waals surface area contributed by atoms with E-state index in [1.807, 2.05) is 22.7 Å². The minimum absolute atomic E-state index is 1.13. The van der Waals surface area contributed by atoms with E-state index in [9.17, 15) is 0 Å². The van der Waals surface area contributed by atoms with Gasteiger partial charge in [0.1, 0.15) is 0 Å². The van der Waals surface area contributed by atoms with Gasteiger partial charge >= 0.3 is 0 Å². The molecule has 0 aliphatic rings. The smallest absolute Gasteiger partial charge is 0.0398 e. The van der Waals surface area contributed by atoms with Crippen molar-refractivity contribution in [3.8, 4) is 0 Å². The first kappa shape index (κ1) is 15.2. The zero-order valence-corrected chi connectivity index (χ0v) is 16.0. The van der Waals surface area contributed by atoms with Crippen molar-refractivity contribution in [1.29, 1.82) is 0 Å². The molecule has 2 heterocycles. The first-order chi connectivity index (χ1) is 13.3. The van der Waals surface area contributed by atoms with Crippen LogP contribution < -0.4 is 5.32 Å². The fourth-order valence-corrected chi connectivity index (χ4v) is 6.06. The standard InChI is InChI=1S/C24H15NS2/c1-3-7-21-17(5-1)19-11-9-15(13-23(19)26-21)25-16-10-12-20-18-6-2-4-8-22(18)27-24(20)14-16/h1-14,25H. The zero-order valence-electron chi connectivity index (χ0n) is 14.4. The van der Waals surface area contributed by atoms with E-state index < -0.39 is 0 Å². The Bertz CT molecular complexity index is 1340. The number of rotatable bonds is 2. The van der Waals surface area contributed by atoms with Crippen LogP contribution in [0.2, 0.25) is 0 Å². The second-order valence-electron chi connectivity index (χ2n) is 6.74. The third kappa shape index (κ3) is 2.43. The molecule has 6 aromatic rings. The number of thiophene rings is 2. The average Bonchev–Trinajstić information content (AvgIpc) is 3.25. The summed E-state index contributed by atoms with van der Waals surface area (Å²) in [6.07, 6.45) is 0. The van der Waals surface area contributed by atoms with Crippen LogP contribution in [-0.4, -0.2) is 0 Å². The van der Waals surface area contributed by atoms with Crippen LogP contribution in [0.15, 0.2) is 84.9 Å². The van der Waals surface area contributed by atoms with Crippen molar-refractivity contribution in [3.63, 3.8) is 0 Å². The highest BCUT2D eigenvalue weighted by atomic mass is 32.1. The number of hydrogen-bond acceptors (Lipinski definition) is 3. The molecular formula is C24H15NS2. The predicted molar refractivity (Wildman–Crippen MR) is 122 cm³/mol. The first-order valence-electron chi connectivity index (χ1n) is 8.95. The highest BCUT2D eigenvalue weighted by molar-refractivity contribution is 7.26. The van der Waals surface area contributed by atoms with Crippen molar-refractivity contribution < 1.29 is 0 Å². The van der Waals surface area contributed by atoms with Crippen molar-refractivity contribution in [1.82, 2.24) is 0 Å². The molecule has 0 unspecified atom stereocenters. The third-order valence-corrected chi connectivity index (χ3v) is 7.31. The molecule has 1 N–H and O–H groups in total. The van der Waals surface area contributed by atoms with Crippen molar-refractivity contribution in [3.05, 3.63) is 84.9 Å². The molecule has 0 saturated carbocycles. The molecule has 0 atom stereocenters. The van der Waals surface area contributed by atoms with Gasteiger partial charge in [-0.3, -0.25) is 0 Å². The summed E-state index contributed by atoms with van der Waals surface area (Å²) < 4.78 is 5.33. The van der Waals surface area contributed by atoms with E-state index in [-0.39, 0.29) is 0 Å². The predicted octanol–water partition coefficient (Wildman–Crippen LogP) is 8.17. The molecule has 0 radical (unpaired) electrons. The van der Waals surface area contributed by atoms with E-state index in [2.05, 4.69) is 90.2 Å². The molecule has 128 valence electrons. The summed E-state index contributed by atoms with van der Waals surface area (Å²) in [5.74, 6) is 0. The zero-order chi connectivity index (χ0) is 17.8. The Labute approximate surface area is 164 Å². The number of nitrogens with one attached hydrogen (secondary N) is 1. The molecule has 27 heavy (non-hydrogen) atoms. The SMILES string of the molecule is c1ccc2c(c1)sc1cc(Nc3ccc4c(c3)sc3ccccc34)ccc12. The summed E-state index contributed by atoms with van der Waals surface area (Å²) in [5, 5.41) is 8.95. The Kier molecular flexibility index (Phi) is 3.27. The van der Waals surface area contributed by atoms with Crippen LogP contribution in [0.25, 0.3) is 40.3 Å². The number of fused-ring (bicyclic) bond motifs is 6. The van der Waals surface area contributed by atoms with Crippen LogP contribution in [0.1, 0.15) is 0 Å². The average molecular weight is 382 g/mol. The monoisotopic (exact) mass is 381 g/mol. The van der Waals surface area contributed by atoms with Crippen molar-refractivity contribution in [2.24, 2.45) is 0 Å². The van der Waals surface area contributed by atoms with Gasteiger partial charge in [-0.1, -0.05) is 48.5 Å². The Morgan fingerprint density at radius 1 is 0.444 bits per heavy atom. The van der Waals surface area contributed by atoms with Gasteiger partial charge in [0.15, 0.2) is 0 Å². The van der Waals surface area contributed by atoms with Crippen LogP contribution in [0.5, 0.6) is 0 Å². The van der Waals surface area contributed by atoms with Gasteiger partial charge in [-0.2, -0.15) is 0 Å². The lowest BCUT2D eigenvalue weighted by molar-refractivity contribution is 1.61. The van der Waals surface area contributed by atoms with Crippen LogP contribution in [0.4, 0.5) is 11.4 Å². The fraction of sp³-hybridized carbons (Fsp3) is 0. The van der Waals surface area contributed by atoms with Crippen molar-refractivity contribution >= 4 is 74.4 Å². The summed E-state index contributed by atoms with van der Waals surface area (Å²) in [6.45, 7) is 0. The van der Waals surface area contributed by atoms with Crippen LogP contribution >= 0.6 is 22.7 Å². The molecule has 3 heteroatoms. The van der Waals surface area contributed by atoms with Gasteiger partial charge in [-0.15, -0.1) is 22.7 Å². The molecule has 0 aliphatic heterocycles. The van der Waals surface area contributed by atoms with E-state index in [4.69, 9.17) is 0 Å². The second kappa shape index (κ2) is 5.81. The second-order valence-corrected chi connectivity index (χ2v) is 8.91. The van der Waals surface area contributed by atoms with Gasteiger partial charge in [0.2, 0.25) is 0 Å². The molecule has 0 spiro atoms. The number of hydrogen-bond donors (Lipinski definition) is 1. The summed E-state index contributed by atoms with van der Waals surface area (Å²) in [4.78, 5) is 0. The molecule has 1 nitrogen and oxygen atoms in total. The molecule has 0 fully saturated rings. The Morgan fingerprint density at radius 2 is 0.889 bits per heavy atom. The van der Waals surface area contributed by atoms with E-state index in [0.717, 1.165) is 11.4 Å². The van der Waals surface area contributed by atoms with Gasteiger partial charge < -0.3 is 5.32 Å². The van der Waals surface area contributed by atoms with E-state index >= 15 is 0 Å². The van der Waals surface area contributed by atoms with Gasteiger partial charge in [0.05, 0.1) is 0 Å². The Morgan fingerprint density at radius 3 is 1.41 bits per heavy atom. The maximum absolute atomic E-state index is 3.59. The van der Waals surface area contributed by atoms with Crippen LogP contribution in [0.3, 0.4) is 0 Å². The van der Waals surface area contributed by atoms with Crippen molar-refractivity contribution in [2.45, 2.75) is 0 Å². The fourth-order valence-electron chi connectivity index (χ4n) is 3.77. The van der Waals surface area contributed by atoms with E-state index in [1.165, 1.54) is 40.3 Å². The summed E-state index contributed by atoms with van der Waals surface area (Å²) in [5.41, 5.74) is 2.27. The van der Waals surface area contributed by atoms with Crippen molar-refractivity contribution in [2.75, 3.05) is 5.32 Å². The molecular weight excluding hydrogens is 366 g/mol. The quantitative estimate of drug-likeness (QED) is 0.319. The number of benzene rings is 4. The summed E-state index contributed by atoms with van der Waals surface area (Å²) >= 11 is 3.71. The topological polar surface area (TPSA) is 12.0 Å². The Hall–Kier alpha value is -2.88. The summed E-state index contributed by atoms with van der Waals surface area (Å²) in [6, 6.07) is 30.6. The Balaban J connectivity index is 1.42. The lowest BCUT2D eigenvalue weighted by Gasteiger charge is -2.07. The minimum atomic E-state index is 1.13. The highest BCUT2D eigenvalue weighted by Gasteiger charge is 2.07. The normalized spacial score (nSPS) is 11.7. The van der Waals surface area contributed by atoms with Crippen LogP contribution in [0, 0.1) is 0 Å². The largest absolute Gasteiger partial charge is 0.355 e. The first-order valence-corrected chi connectivity index (χ1v) is 10.6. The third-order valence-electron chi connectivity index (χ3n) is 5.05. The molecule has 4 aromatic carbocycles. The van der Waals surface area contributed by atoms with E-state index in [1.54, 1.807) is 0 Å². The van der Waals surface area contributed by atoms with Gasteiger partial charge in [-0.05, 0) is 36.4 Å². The maximum Gasteiger partial charge on any atom is 0.0398 e. The highest BCUT2D eigenvalue weighted by Crippen LogP contribution is 2.37. The van der Waals surface area contributed by atoms with E-state index in [0.29, 0.717) is 0 Å². The molecule has 0 amide bonds. The molecule has 0 bridgehead atoms. The minimum Gasteiger partial charge on any atom is -0.355 e. The van der Waals surface area contributed by atoms with Crippen LogP contribution in [-0.2, 0) is 0 Å². The van der Waals surface area contributed by atoms with Gasteiger partial charge in [0, 0.05) is 51.7 Å². The van der Waals surface area contributed by atoms with Gasteiger partial charge in [-0.25, -0.2) is 0 Å². The summed E-state index contributed by atoms with van der Waals surface area (Å²) in [7, 11) is 0. The molecule has 0 aliphatic carbocycles. The molecule has 0 saturated heterocycles. The lowest BCUT2D eigenvalue weighted by atomic mass is 10.1. The molecule has 2 aromatic heterocycles. The number of anilines is 2. The van der Waals surface area contributed by atoms with Gasteiger partial charge in [0.25, 0.3) is 0 Å². The lowest BCUT2D eigenvalue weighted by Crippen LogP contribution is -1.89.